The van der Waals surface area contributed by atoms with Gasteiger partial charge in [0.1, 0.15) is 5.82 Å². The molecule has 0 amide bonds. The molecule has 2 rings (SSSR count). The Balaban J connectivity index is 1.98. The zero-order valence-electron chi connectivity index (χ0n) is 10.8. The first kappa shape index (κ1) is 13.9. The summed E-state index contributed by atoms with van der Waals surface area (Å²) >= 11 is 5.77. The number of rotatable bonds is 4. The summed E-state index contributed by atoms with van der Waals surface area (Å²) in [6.45, 7) is 4.49. The molecule has 0 aliphatic heterocycles. The van der Waals surface area contributed by atoms with Crippen molar-refractivity contribution < 1.29 is 4.39 Å². The molecule has 0 bridgehead atoms. The lowest BCUT2D eigenvalue weighted by Gasteiger charge is -2.14. The van der Waals surface area contributed by atoms with E-state index in [4.69, 9.17) is 11.6 Å². The first-order valence-electron chi connectivity index (χ1n) is 6.02. The Bertz CT molecular complexity index is 557. The average Bonchev–Trinajstić information content (AvgIpc) is 2.41. The second-order valence-corrected chi connectivity index (χ2v) is 4.83. The monoisotopic (exact) mass is 279 g/mol. The fraction of sp³-hybridized carbons (Fsp3) is 0.286. The lowest BCUT2D eigenvalue weighted by molar-refractivity contribution is 0.563. The average molecular weight is 280 g/mol. The van der Waals surface area contributed by atoms with Gasteiger partial charge in [-0.15, -0.1) is 0 Å². The molecule has 1 aromatic heterocycles. The molecule has 1 aromatic carbocycles. The van der Waals surface area contributed by atoms with Crippen LogP contribution in [0.15, 0.2) is 30.6 Å². The number of hydrogen-bond donors (Lipinski definition) is 1. The van der Waals surface area contributed by atoms with Crippen LogP contribution in [0.25, 0.3) is 0 Å². The Morgan fingerprint density at radius 3 is 2.74 bits per heavy atom. The van der Waals surface area contributed by atoms with Crippen molar-refractivity contribution in [3.05, 3.63) is 58.4 Å². The van der Waals surface area contributed by atoms with Crippen LogP contribution in [-0.2, 0) is 6.54 Å². The maximum absolute atomic E-state index is 13.1. The van der Waals surface area contributed by atoms with Crippen LogP contribution in [0.1, 0.15) is 29.9 Å². The highest BCUT2D eigenvalue weighted by Crippen LogP contribution is 2.20. The zero-order chi connectivity index (χ0) is 13.8. The summed E-state index contributed by atoms with van der Waals surface area (Å²) in [4.78, 5) is 8.45. The van der Waals surface area contributed by atoms with Crippen molar-refractivity contribution in [3.8, 4) is 0 Å². The number of benzene rings is 1. The Morgan fingerprint density at radius 1 is 1.32 bits per heavy atom. The summed E-state index contributed by atoms with van der Waals surface area (Å²) < 4.78 is 13.1. The minimum atomic E-state index is -0.401. The van der Waals surface area contributed by atoms with Crippen molar-refractivity contribution in [3.63, 3.8) is 0 Å². The van der Waals surface area contributed by atoms with Crippen molar-refractivity contribution in [1.29, 1.82) is 0 Å². The quantitative estimate of drug-likeness (QED) is 0.932. The van der Waals surface area contributed by atoms with Gasteiger partial charge in [0, 0.05) is 25.0 Å². The van der Waals surface area contributed by atoms with Crippen LogP contribution < -0.4 is 5.32 Å². The van der Waals surface area contributed by atoms with E-state index in [1.165, 1.54) is 6.07 Å². The van der Waals surface area contributed by atoms with Gasteiger partial charge >= 0.3 is 0 Å². The van der Waals surface area contributed by atoms with E-state index in [2.05, 4.69) is 15.3 Å². The fourth-order valence-corrected chi connectivity index (χ4v) is 1.86. The van der Waals surface area contributed by atoms with E-state index < -0.39 is 5.82 Å². The molecule has 2 aromatic rings. The van der Waals surface area contributed by atoms with Gasteiger partial charge in [-0.3, -0.25) is 9.97 Å². The summed E-state index contributed by atoms with van der Waals surface area (Å²) in [6.07, 6.45) is 3.48. The van der Waals surface area contributed by atoms with Crippen LogP contribution in [0.2, 0.25) is 5.02 Å². The minimum absolute atomic E-state index is 0.0567. The Kier molecular flexibility index (Phi) is 4.45. The van der Waals surface area contributed by atoms with Crippen molar-refractivity contribution in [2.45, 2.75) is 26.4 Å². The normalized spacial score (nSPS) is 12.4. The lowest BCUT2D eigenvalue weighted by atomic mass is 10.1. The summed E-state index contributed by atoms with van der Waals surface area (Å²) in [5.74, 6) is -0.401. The first-order chi connectivity index (χ1) is 9.06. The van der Waals surface area contributed by atoms with Gasteiger partial charge in [0.2, 0.25) is 0 Å². The second kappa shape index (κ2) is 6.08. The van der Waals surface area contributed by atoms with Gasteiger partial charge in [0.25, 0.3) is 0 Å². The maximum atomic E-state index is 13.1. The molecule has 1 unspecified atom stereocenters. The summed E-state index contributed by atoms with van der Waals surface area (Å²) in [5, 5.41) is 3.44. The molecular weight excluding hydrogens is 265 g/mol. The molecule has 0 aliphatic rings. The third-order valence-electron chi connectivity index (χ3n) is 2.87. The van der Waals surface area contributed by atoms with Gasteiger partial charge in [-0.25, -0.2) is 4.39 Å². The Morgan fingerprint density at radius 2 is 2.11 bits per heavy atom. The molecule has 0 aliphatic carbocycles. The highest BCUT2D eigenvalue weighted by atomic mass is 35.5. The van der Waals surface area contributed by atoms with E-state index in [-0.39, 0.29) is 11.1 Å². The zero-order valence-corrected chi connectivity index (χ0v) is 11.6. The number of nitrogens with one attached hydrogen (secondary N) is 1. The van der Waals surface area contributed by atoms with E-state index in [1.54, 1.807) is 24.5 Å². The summed E-state index contributed by atoms with van der Waals surface area (Å²) in [6, 6.07) is 4.79. The largest absolute Gasteiger partial charge is 0.305 e. The van der Waals surface area contributed by atoms with Crippen LogP contribution in [0.5, 0.6) is 0 Å². The number of halogens is 2. The fourth-order valence-electron chi connectivity index (χ4n) is 1.67. The first-order valence-corrected chi connectivity index (χ1v) is 6.40. The number of nitrogens with zero attached hydrogens (tertiary/aromatic N) is 2. The molecule has 0 saturated heterocycles. The topological polar surface area (TPSA) is 37.8 Å². The lowest BCUT2D eigenvalue weighted by Crippen LogP contribution is -2.19. The van der Waals surface area contributed by atoms with Crippen LogP contribution in [0.4, 0.5) is 4.39 Å². The molecule has 3 nitrogen and oxygen atoms in total. The Hall–Kier alpha value is -1.52. The van der Waals surface area contributed by atoms with Crippen LogP contribution in [-0.4, -0.2) is 9.97 Å². The number of aryl methyl sites for hydroxylation is 1. The van der Waals surface area contributed by atoms with Gasteiger partial charge in [-0.2, -0.15) is 0 Å². The third kappa shape index (κ3) is 3.72. The standard InChI is InChI=1S/C14H15ClFN3/c1-9-6-19-12(7-17-9)8-18-10(2)11-3-4-14(16)13(15)5-11/h3-7,10,18H,8H2,1-2H3. The Labute approximate surface area is 116 Å². The molecule has 0 radical (unpaired) electrons. The van der Waals surface area contributed by atoms with Crippen molar-refractivity contribution in [2.75, 3.05) is 0 Å². The van der Waals surface area contributed by atoms with E-state index >= 15 is 0 Å². The van der Waals surface area contributed by atoms with Crippen molar-refractivity contribution in [2.24, 2.45) is 0 Å². The summed E-state index contributed by atoms with van der Waals surface area (Å²) in [5.41, 5.74) is 2.69. The van der Waals surface area contributed by atoms with Crippen LogP contribution in [0, 0.1) is 12.7 Å². The predicted octanol–water partition coefficient (Wildman–Crippen LogP) is 3.43. The van der Waals surface area contributed by atoms with E-state index in [0.29, 0.717) is 6.54 Å². The number of hydrogen-bond acceptors (Lipinski definition) is 3. The van der Waals surface area contributed by atoms with Crippen molar-refractivity contribution in [1.82, 2.24) is 15.3 Å². The van der Waals surface area contributed by atoms with Gasteiger partial charge in [-0.1, -0.05) is 17.7 Å². The highest BCUT2D eigenvalue weighted by Gasteiger charge is 2.08. The second-order valence-electron chi connectivity index (χ2n) is 4.43. The highest BCUT2D eigenvalue weighted by molar-refractivity contribution is 6.30. The molecule has 5 heteroatoms. The van der Waals surface area contributed by atoms with Gasteiger partial charge in [0.05, 0.1) is 16.4 Å². The molecule has 19 heavy (non-hydrogen) atoms. The van der Waals surface area contributed by atoms with E-state index in [1.807, 2.05) is 13.8 Å². The van der Waals surface area contributed by atoms with Crippen LogP contribution >= 0.6 is 11.6 Å². The third-order valence-corrected chi connectivity index (χ3v) is 3.16. The maximum Gasteiger partial charge on any atom is 0.141 e. The molecule has 0 saturated carbocycles. The molecule has 1 heterocycles. The minimum Gasteiger partial charge on any atom is -0.305 e. The van der Waals surface area contributed by atoms with Crippen molar-refractivity contribution >= 4 is 11.6 Å². The smallest absolute Gasteiger partial charge is 0.141 e. The van der Waals surface area contributed by atoms with E-state index in [9.17, 15) is 4.39 Å². The van der Waals surface area contributed by atoms with Gasteiger partial charge in [0.15, 0.2) is 0 Å². The molecule has 100 valence electrons. The van der Waals surface area contributed by atoms with Crippen LogP contribution in [0.3, 0.4) is 0 Å². The molecule has 0 fully saturated rings. The molecule has 0 spiro atoms. The summed E-state index contributed by atoms with van der Waals surface area (Å²) in [7, 11) is 0. The van der Waals surface area contributed by atoms with E-state index in [0.717, 1.165) is 17.0 Å². The molecular formula is C14H15ClFN3. The predicted molar refractivity (Wildman–Crippen MR) is 73.4 cm³/mol. The number of aromatic nitrogens is 2. The molecule has 1 atom stereocenters. The molecule has 1 N–H and O–H groups in total. The van der Waals surface area contributed by atoms with Gasteiger partial charge in [-0.05, 0) is 31.5 Å². The van der Waals surface area contributed by atoms with Gasteiger partial charge < -0.3 is 5.32 Å². The SMILES string of the molecule is Cc1cnc(CNC(C)c2ccc(F)c(Cl)c2)cn1.